The third-order valence-electron chi connectivity index (χ3n) is 5.62. The quantitative estimate of drug-likeness (QED) is 0.209. The number of primary amides is 1. The van der Waals surface area contributed by atoms with E-state index >= 15 is 0 Å². The summed E-state index contributed by atoms with van der Waals surface area (Å²) < 4.78 is 4.62. The zero-order valence-electron chi connectivity index (χ0n) is 21.0. The van der Waals surface area contributed by atoms with E-state index in [0.717, 1.165) is 33.4 Å². The Morgan fingerprint density at radius 3 is 1.64 bits per heavy atom. The monoisotopic (exact) mass is 603 g/mol. The molecule has 0 saturated carbocycles. The second-order valence-electron chi connectivity index (χ2n) is 8.41. The van der Waals surface area contributed by atoms with Gasteiger partial charge in [0.1, 0.15) is 0 Å². The molecule has 2 aromatic carbocycles. The van der Waals surface area contributed by atoms with Gasteiger partial charge in [-0.25, -0.2) is 0 Å². The molecule has 0 fully saturated rings. The van der Waals surface area contributed by atoms with Crippen LogP contribution in [0.2, 0.25) is 20.1 Å². The number of methoxy groups -OCH3 is 1. The predicted octanol–water partition coefficient (Wildman–Crippen LogP) is 7.63. The molecule has 4 rings (SSSR count). The number of esters is 1. The lowest BCUT2D eigenvalue weighted by atomic mass is 10.0. The van der Waals surface area contributed by atoms with Crippen molar-refractivity contribution in [2.75, 3.05) is 7.11 Å². The molecule has 0 aliphatic carbocycles. The Morgan fingerprint density at radius 2 is 1.21 bits per heavy atom. The van der Waals surface area contributed by atoms with Crippen LogP contribution < -0.4 is 5.73 Å². The molecular weight excluding hydrogens is 580 g/mol. The molecule has 2 aromatic heterocycles. The summed E-state index contributed by atoms with van der Waals surface area (Å²) in [7, 11) is 1.38. The number of hydrogen-bond donors (Lipinski definition) is 1. The second-order valence-corrected chi connectivity index (χ2v) is 9.98. The minimum Gasteiger partial charge on any atom is -0.469 e. The van der Waals surface area contributed by atoms with Gasteiger partial charge >= 0.3 is 5.97 Å². The summed E-state index contributed by atoms with van der Waals surface area (Å²) in [6.07, 6.45) is 8.64. The second kappa shape index (κ2) is 14.8. The number of hydrogen-bond acceptors (Lipinski definition) is 5. The Kier molecular flexibility index (Phi) is 11.6. The number of aromatic nitrogens is 2. The van der Waals surface area contributed by atoms with Gasteiger partial charge in [-0.05, 0) is 48.2 Å². The van der Waals surface area contributed by atoms with Crippen molar-refractivity contribution in [3.8, 4) is 22.3 Å². The summed E-state index contributed by atoms with van der Waals surface area (Å²) in [5.41, 5.74) is 10.4. The largest absolute Gasteiger partial charge is 0.469 e. The number of nitrogens with two attached hydrogens (primary N) is 1. The Bertz CT molecular complexity index is 1460. The lowest BCUT2D eigenvalue weighted by Crippen LogP contribution is -2.11. The molecule has 2 N–H and O–H groups in total. The van der Waals surface area contributed by atoms with Crippen molar-refractivity contribution in [2.24, 2.45) is 5.73 Å². The van der Waals surface area contributed by atoms with Gasteiger partial charge in [0.2, 0.25) is 5.91 Å². The van der Waals surface area contributed by atoms with Crippen molar-refractivity contribution < 1.29 is 14.3 Å². The first-order valence-corrected chi connectivity index (χ1v) is 13.3. The Hall–Kier alpha value is -3.16. The number of ether oxygens (including phenoxy) is 1. The van der Waals surface area contributed by atoms with Gasteiger partial charge in [0.05, 0.1) is 27.2 Å². The van der Waals surface area contributed by atoms with Crippen LogP contribution in [0.1, 0.15) is 24.0 Å². The van der Waals surface area contributed by atoms with Gasteiger partial charge in [0.15, 0.2) is 0 Å². The van der Waals surface area contributed by atoms with Gasteiger partial charge in [-0.1, -0.05) is 70.7 Å². The van der Waals surface area contributed by atoms with Crippen LogP contribution in [0.3, 0.4) is 0 Å². The van der Waals surface area contributed by atoms with Gasteiger partial charge in [0.25, 0.3) is 0 Å². The summed E-state index contributed by atoms with van der Waals surface area (Å²) in [5.74, 6) is -0.567. The van der Waals surface area contributed by atoms with Crippen molar-refractivity contribution in [1.82, 2.24) is 9.97 Å². The smallest absolute Gasteiger partial charge is 0.305 e. The number of carbonyl (C=O) groups excluding carboxylic acids is 2. The zero-order chi connectivity index (χ0) is 28.4. The fourth-order valence-corrected chi connectivity index (χ4v) is 4.43. The number of aryl methyl sites for hydroxylation is 2. The SMILES string of the molecule is COC(=O)CCc1cncc(-c2cccc(Cl)c2Cl)c1.NC(=O)CCc1cncc(-c2cccc(Cl)c2Cl)c1. The van der Waals surface area contributed by atoms with E-state index in [9.17, 15) is 9.59 Å². The van der Waals surface area contributed by atoms with Crippen molar-refractivity contribution in [3.63, 3.8) is 0 Å². The van der Waals surface area contributed by atoms with E-state index in [0.29, 0.717) is 45.8 Å². The van der Waals surface area contributed by atoms with Crippen molar-refractivity contribution in [2.45, 2.75) is 25.7 Å². The van der Waals surface area contributed by atoms with Crippen LogP contribution in [0.25, 0.3) is 22.3 Å². The number of benzene rings is 2. The van der Waals surface area contributed by atoms with Gasteiger partial charge in [-0.2, -0.15) is 0 Å². The number of rotatable bonds is 8. The van der Waals surface area contributed by atoms with Crippen LogP contribution in [0.5, 0.6) is 0 Å². The number of nitrogens with zero attached hydrogens (tertiary/aromatic N) is 2. The molecule has 0 aliphatic heterocycles. The Balaban J connectivity index is 0.000000216. The maximum Gasteiger partial charge on any atom is 0.305 e. The summed E-state index contributed by atoms with van der Waals surface area (Å²) >= 11 is 24.4. The molecule has 2 heterocycles. The molecule has 4 aromatic rings. The van der Waals surface area contributed by atoms with Crippen LogP contribution in [0.4, 0.5) is 0 Å². The Morgan fingerprint density at radius 1 is 0.744 bits per heavy atom. The number of halogens is 4. The Labute approximate surface area is 247 Å². The number of pyridine rings is 2. The highest BCUT2D eigenvalue weighted by Crippen LogP contribution is 2.34. The summed E-state index contributed by atoms with van der Waals surface area (Å²) in [6.45, 7) is 0. The third kappa shape index (κ3) is 8.94. The van der Waals surface area contributed by atoms with Gasteiger partial charge in [-0.3, -0.25) is 19.6 Å². The molecule has 0 bridgehead atoms. The maximum absolute atomic E-state index is 11.2. The molecule has 0 unspecified atom stereocenters. The summed E-state index contributed by atoms with van der Waals surface area (Å²) in [5, 5.41) is 2.00. The van der Waals surface area contributed by atoms with E-state index in [-0.39, 0.29) is 11.9 Å². The molecule has 0 spiro atoms. The molecule has 0 radical (unpaired) electrons. The third-order valence-corrected chi connectivity index (χ3v) is 7.26. The molecule has 10 heteroatoms. The average molecular weight is 605 g/mol. The maximum atomic E-state index is 11.2. The highest BCUT2D eigenvalue weighted by Gasteiger charge is 2.10. The molecule has 202 valence electrons. The molecule has 0 aliphatic rings. The molecule has 39 heavy (non-hydrogen) atoms. The van der Waals surface area contributed by atoms with Crippen LogP contribution >= 0.6 is 46.4 Å². The van der Waals surface area contributed by atoms with Gasteiger partial charge in [-0.15, -0.1) is 0 Å². The first kappa shape index (κ1) is 30.4. The van der Waals surface area contributed by atoms with Crippen molar-refractivity contribution >= 4 is 58.3 Å². The van der Waals surface area contributed by atoms with Crippen molar-refractivity contribution in [3.05, 3.63) is 105 Å². The van der Waals surface area contributed by atoms with Crippen LogP contribution in [0, 0.1) is 0 Å². The minimum absolute atomic E-state index is 0.240. The van der Waals surface area contributed by atoms with Crippen LogP contribution in [-0.4, -0.2) is 29.0 Å². The molecule has 0 saturated heterocycles. The highest BCUT2D eigenvalue weighted by atomic mass is 35.5. The summed E-state index contributed by atoms with van der Waals surface area (Å²) in [4.78, 5) is 30.3. The van der Waals surface area contributed by atoms with Crippen LogP contribution in [-0.2, 0) is 27.2 Å². The molecule has 0 atom stereocenters. The van der Waals surface area contributed by atoms with Gasteiger partial charge in [0, 0.05) is 59.9 Å². The summed E-state index contributed by atoms with van der Waals surface area (Å²) in [6, 6.07) is 14.8. The minimum atomic E-state index is -0.328. The average Bonchev–Trinajstić information content (AvgIpc) is 2.94. The zero-order valence-corrected chi connectivity index (χ0v) is 24.0. The highest BCUT2D eigenvalue weighted by molar-refractivity contribution is 6.44. The van der Waals surface area contributed by atoms with E-state index in [1.54, 1.807) is 36.9 Å². The molecule has 6 nitrogen and oxygen atoms in total. The lowest BCUT2D eigenvalue weighted by molar-refractivity contribution is -0.140. The van der Waals surface area contributed by atoms with E-state index in [2.05, 4.69) is 14.7 Å². The van der Waals surface area contributed by atoms with E-state index in [1.807, 2.05) is 36.4 Å². The first-order valence-electron chi connectivity index (χ1n) is 11.8. The topological polar surface area (TPSA) is 95.2 Å². The number of amides is 1. The van der Waals surface area contributed by atoms with E-state index in [4.69, 9.17) is 52.1 Å². The first-order chi connectivity index (χ1) is 18.7. The molecular formula is C29H25Cl4N3O3. The van der Waals surface area contributed by atoms with E-state index < -0.39 is 0 Å². The number of carbonyl (C=O) groups is 2. The van der Waals surface area contributed by atoms with Crippen molar-refractivity contribution in [1.29, 1.82) is 0 Å². The fourth-order valence-electron chi connectivity index (χ4n) is 3.61. The van der Waals surface area contributed by atoms with Gasteiger partial charge < -0.3 is 10.5 Å². The predicted molar refractivity (Wildman–Crippen MR) is 157 cm³/mol. The molecule has 1 amide bonds. The lowest BCUT2D eigenvalue weighted by Gasteiger charge is -2.07. The standard InChI is InChI=1S/C15H13Cl2NO2.C14H12Cl2N2O/c1-20-14(19)6-5-10-7-11(9-18-8-10)12-3-2-4-13(16)15(12)17;15-12-3-1-2-11(14(12)16)10-6-9(7-18-8-10)4-5-13(17)19/h2-4,7-9H,5-6H2,1H3;1-3,6-8H,4-5H2,(H2,17,19). The fraction of sp³-hybridized carbons (Fsp3) is 0.172. The normalized spacial score (nSPS) is 10.4. The van der Waals surface area contributed by atoms with E-state index in [1.165, 1.54) is 7.11 Å². The van der Waals surface area contributed by atoms with Crippen LogP contribution in [0.15, 0.2) is 73.3 Å².